The molecule has 39 heavy (non-hydrogen) atoms. The molecule has 3 aromatic rings. The first-order valence-electron chi connectivity index (χ1n) is 14.2. The van der Waals surface area contributed by atoms with E-state index in [2.05, 4.69) is 48.3 Å². The van der Waals surface area contributed by atoms with Crippen LogP contribution >= 0.6 is 0 Å². The molecule has 0 aliphatic rings. The van der Waals surface area contributed by atoms with Crippen LogP contribution in [-0.4, -0.2) is 39.6 Å². The molecule has 210 valence electrons. The van der Waals surface area contributed by atoms with E-state index in [1.54, 1.807) is 0 Å². The number of hydrogen-bond donors (Lipinski definition) is 2. The topological polar surface area (TPSA) is 55.8 Å². The highest BCUT2D eigenvalue weighted by atomic mass is 16.3. The second-order valence-corrected chi connectivity index (χ2v) is 12.0. The maximum Gasteiger partial charge on any atom is 0.317 e. The van der Waals surface area contributed by atoms with Gasteiger partial charge in [0.2, 0.25) is 0 Å². The zero-order chi connectivity index (χ0) is 28.3. The number of aliphatic hydroxyl groups is 1. The van der Waals surface area contributed by atoms with Crippen molar-refractivity contribution in [2.45, 2.75) is 78.2 Å². The van der Waals surface area contributed by atoms with Crippen molar-refractivity contribution in [2.24, 2.45) is 5.92 Å². The van der Waals surface area contributed by atoms with Gasteiger partial charge in [-0.3, -0.25) is 4.90 Å². The van der Waals surface area contributed by atoms with Gasteiger partial charge in [-0.2, -0.15) is 0 Å². The minimum Gasteiger partial charge on any atom is -0.371 e. The van der Waals surface area contributed by atoms with E-state index in [9.17, 15) is 9.90 Å². The number of carbonyl (C=O) groups excluding carboxylic acids is 1. The van der Waals surface area contributed by atoms with Crippen molar-refractivity contribution in [1.82, 2.24) is 15.1 Å². The summed E-state index contributed by atoms with van der Waals surface area (Å²) in [6.07, 6.45) is 2.10. The summed E-state index contributed by atoms with van der Waals surface area (Å²) in [5, 5.41) is 15.7. The molecule has 0 fully saturated rings. The first-order valence-corrected chi connectivity index (χ1v) is 14.2. The molecule has 1 atom stereocenters. The Bertz CT molecular complexity index is 1070. The van der Waals surface area contributed by atoms with Crippen LogP contribution in [0.2, 0.25) is 0 Å². The van der Waals surface area contributed by atoms with Crippen LogP contribution in [-0.2, 0) is 18.8 Å². The number of benzene rings is 3. The Morgan fingerprint density at radius 3 is 1.74 bits per heavy atom. The third-order valence-corrected chi connectivity index (χ3v) is 6.89. The average Bonchev–Trinajstić information content (AvgIpc) is 2.90. The van der Waals surface area contributed by atoms with Gasteiger partial charge in [0.05, 0.1) is 0 Å². The fraction of sp³-hybridized carbons (Fsp3) is 0.441. The summed E-state index contributed by atoms with van der Waals surface area (Å²) in [7, 11) is 0. The zero-order valence-corrected chi connectivity index (χ0v) is 24.4. The number of urea groups is 1. The minimum atomic E-state index is -1.21. The van der Waals surface area contributed by atoms with Crippen LogP contribution in [0.5, 0.6) is 0 Å². The summed E-state index contributed by atoms with van der Waals surface area (Å²) < 4.78 is 0. The number of nitrogens with zero attached hydrogens (tertiary/aromatic N) is 2. The highest BCUT2D eigenvalue weighted by Crippen LogP contribution is 2.34. The largest absolute Gasteiger partial charge is 0.371 e. The molecule has 2 N–H and O–H groups in total. The molecule has 5 nitrogen and oxygen atoms in total. The fourth-order valence-corrected chi connectivity index (χ4v) is 4.76. The summed E-state index contributed by atoms with van der Waals surface area (Å²) >= 11 is 0. The van der Waals surface area contributed by atoms with E-state index in [1.165, 1.54) is 0 Å². The lowest BCUT2D eigenvalue weighted by Gasteiger charge is -2.41. The highest BCUT2D eigenvalue weighted by Gasteiger charge is 2.36. The van der Waals surface area contributed by atoms with E-state index < -0.39 is 5.72 Å². The van der Waals surface area contributed by atoms with Crippen LogP contribution < -0.4 is 5.32 Å². The van der Waals surface area contributed by atoms with Crippen molar-refractivity contribution in [1.29, 1.82) is 0 Å². The normalized spacial score (nSPS) is 13.3. The molecule has 3 aromatic carbocycles. The molecule has 2 amide bonds. The maximum atomic E-state index is 13.2. The van der Waals surface area contributed by atoms with Crippen molar-refractivity contribution in [3.8, 4) is 0 Å². The van der Waals surface area contributed by atoms with Gasteiger partial charge in [0.15, 0.2) is 0 Å². The monoisotopic (exact) mass is 529 g/mol. The molecule has 0 saturated carbocycles. The third-order valence-electron chi connectivity index (χ3n) is 6.89. The van der Waals surface area contributed by atoms with Crippen LogP contribution in [0.15, 0.2) is 91.0 Å². The molecule has 0 spiro atoms. The molecule has 5 heteroatoms. The quantitative estimate of drug-likeness (QED) is 0.231. The Kier molecular flexibility index (Phi) is 11.1. The van der Waals surface area contributed by atoms with Crippen LogP contribution in [0, 0.1) is 5.92 Å². The molecule has 0 radical (unpaired) electrons. The molecule has 0 heterocycles. The van der Waals surface area contributed by atoms with Gasteiger partial charge in [0.1, 0.15) is 5.72 Å². The first-order chi connectivity index (χ1) is 18.6. The molecule has 1 unspecified atom stereocenters. The molecule has 0 saturated heterocycles. The SMILES string of the molecule is CC(C)CCN(CCCC(O)(c1ccccc1)N(Cc1ccccc1)Cc1ccccc1)C(=O)NC(C)(C)C. The molecule has 0 aromatic heterocycles. The van der Waals surface area contributed by atoms with Gasteiger partial charge < -0.3 is 15.3 Å². The van der Waals surface area contributed by atoms with Crippen LogP contribution in [0.25, 0.3) is 0 Å². The molecule has 0 aliphatic carbocycles. The van der Waals surface area contributed by atoms with Gasteiger partial charge >= 0.3 is 6.03 Å². The Hall–Kier alpha value is -3.15. The lowest BCUT2D eigenvalue weighted by Crippen LogP contribution is -2.50. The standard InChI is InChI=1S/C34H47N3O2/c1-28(2)22-25-36(32(38)35-33(3,4)5)24-15-23-34(39,31-20-13-8-14-21-31)37(26-29-16-9-6-10-17-29)27-30-18-11-7-12-19-30/h6-14,16-21,28,39H,15,22-27H2,1-5H3,(H,35,38). The summed E-state index contributed by atoms with van der Waals surface area (Å²) in [5.74, 6) is 0.503. The van der Waals surface area contributed by atoms with Crippen molar-refractivity contribution in [3.63, 3.8) is 0 Å². The molecular formula is C34H47N3O2. The number of rotatable bonds is 13. The van der Waals surface area contributed by atoms with Gasteiger partial charge in [-0.05, 0) is 62.6 Å². The molecule has 0 aliphatic heterocycles. The predicted octanol–water partition coefficient (Wildman–Crippen LogP) is 7.17. The fourth-order valence-electron chi connectivity index (χ4n) is 4.76. The van der Waals surface area contributed by atoms with E-state index >= 15 is 0 Å². The smallest absolute Gasteiger partial charge is 0.317 e. The molecule has 0 bridgehead atoms. The predicted molar refractivity (Wildman–Crippen MR) is 161 cm³/mol. The number of nitrogens with one attached hydrogen (secondary N) is 1. The number of carbonyl (C=O) groups is 1. The Balaban J connectivity index is 1.88. The Labute approximate surface area is 235 Å². The van der Waals surface area contributed by atoms with Gasteiger partial charge in [-0.25, -0.2) is 4.79 Å². The van der Waals surface area contributed by atoms with Gasteiger partial charge in [0, 0.05) is 31.7 Å². The second-order valence-electron chi connectivity index (χ2n) is 12.0. The average molecular weight is 530 g/mol. The lowest BCUT2D eigenvalue weighted by molar-refractivity contribution is -0.134. The van der Waals surface area contributed by atoms with Crippen molar-refractivity contribution < 1.29 is 9.90 Å². The van der Waals surface area contributed by atoms with Gasteiger partial charge in [0.25, 0.3) is 0 Å². The number of hydrogen-bond acceptors (Lipinski definition) is 3. The number of amides is 2. The zero-order valence-electron chi connectivity index (χ0n) is 24.4. The first kappa shape index (κ1) is 30.4. The highest BCUT2D eigenvalue weighted by molar-refractivity contribution is 5.74. The summed E-state index contributed by atoms with van der Waals surface area (Å²) in [5.41, 5.74) is 1.64. The lowest BCUT2D eigenvalue weighted by atomic mass is 9.94. The Morgan fingerprint density at radius 1 is 0.795 bits per heavy atom. The van der Waals surface area contributed by atoms with E-state index in [-0.39, 0.29) is 11.6 Å². The van der Waals surface area contributed by atoms with Crippen molar-refractivity contribution >= 4 is 6.03 Å². The van der Waals surface area contributed by atoms with E-state index in [4.69, 9.17) is 0 Å². The Morgan fingerprint density at radius 2 is 1.28 bits per heavy atom. The van der Waals surface area contributed by atoms with Gasteiger partial charge in [-0.15, -0.1) is 0 Å². The van der Waals surface area contributed by atoms with Crippen molar-refractivity contribution in [2.75, 3.05) is 13.1 Å². The maximum absolute atomic E-state index is 13.2. The van der Waals surface area contributed by atoms with Crippen LogP contribution in [0.4, 0.5) is 4.79 Å². The molecular weight excluding hydrogens is 482 g/mol. The summed E-state index contributed by atoms with van der Waals surface area (Å²) in [6, 6.07) is 30.5. The van der Waals surface area contributed by atoms with Crippen LogP contribution in [0.3, 0.4) is 0 Å². The third kappa shape index (κ3) is 9.83. The van der Waals surface area contributed by atoms with Gasteiger partial charge in [-0.1, -0.05) is 105 Å². The summed E-state index contributed by atoms with van der Waals surface area (Å²) in [4.78, 5) is 17.2. The van der Waals surface area contributed by atoms with Crippen molar-refractivity contribution in [3.05, 3.63) is 108 Å². The van der Waals surface area contributed by atoms with E-state index in [0.717, 1.165) is 23.1 Å². The minimum absolute atomic E-state index is 0.0446. The summed E-state index contributed by atoms with van der Waals surface area (Å²) in [6.45, 7) is 12.8. The van der Waals surface area contributed by atoms with E-state index in [0.29, 0.717) is 44.9 Å². The van der Waals surface area contributed by atoms with E-state index in [1.807, 2.05) is 92.4 Å². The second kappa shape index (κ2) is 14.3. The molecule has 3 rings (SSSR count). The van der Waals surface area contributed by atoms with Crippen LogP contribution in [0.1, 0.15) is 70.6 Å².